The minimum absolute atomic E-state index is 0.151. The molecule has 0 unspecified atom stereocenters. The van der Waals surface area contributed by atoms with E-state index in [1.54, 1.807) is 0 Å². The molecule has 21 heavy (non-hydrogen) atoms. The van der Waals surface area contributed by atoms with Gasteiger partial charge in [-0.1, -0.05) is 12.2 Å². The van der Waals surface area contributed by atoms with Gasteiger partial charge in [0.05, 0.1) is 18.2 Å². The molecule has 1 amide bonds. The Balaban J connectivity index is 1.78. The molecule has 0 radical (unpaired) electrons. The predicted octanol–water partition coefficient (Wildman–Crippen LogP) is 1.79. The summed E-state index contributed by atoms with van der Waals surface area (Å²) in [5.41, 5.74) is 1.28. The number of fused-ring (bicyclic) bond motifs is 1. The summed E-state index contributed by atoms with van der Waals surface area (Å²) in [5.74, 6) is -0.780. The van der Waals surface area contributed by atoms with Gasteiger partial charge in [-0.3, -0.25) is 10.1 Å². The van der Waals surface area contributed by atoms with Crippen molar-refractivity contribution < 1.29 is 13.9 Å². The molecule has 3 rings (SSSR count). The maximum Gasteiger partial charge on any atom is 0.249 e. The number of aromatic nitrogens is 3. The van der Waals surface area contributed by atoms with Crippen LogP contribution >= 0.6 is 0 Å². The van der Waals surface area contributed by atoms with Crippen LogP contribution in [-0.2, 0) is 9.53 Å². The number of hydrogen-bond acceptors (Lipinski definition) is 4. The smallest absolute Gasteiger partial charge is 0.249 e. The number of carbonyl (C=O) groups excluding carboxylic acids is 1. The zero-order valence-corrected chi connectivity index (χ0v) is 11.5. The molecular formula is C14H15FN4O2. The highest BCUT2D eigenvalue weighted by molar-refractivity contribution is 5.92. The number of carbonyl (C=O) groups is 1. The average Bonchev–Trinajstić information content (AvgIpc) is 3.03. The molecular weight excluding hydrogens is 275 g/mol. The first-order valence-electron chi connectivity index (χ1n) is 6.64. The Kier molecular flexibility index (Phi) is 3.42. The number of ether oxygens (including phenoxy) is 1. The first-order valence-corrected chi connectivity index (χ1v) is 6.64. The van der Waals surface area contributed by atoms with Gasteiger partial charge in [-0.2, -0.15) is 4.98 Å². The quantitative estimate of drug-likeness (QED) is 0.875. The molecule has 0 aliphatic carbocycles. The van der Waals surface area contributed by atoms with Crippen LogP contribution < -0.4 is 5.32 Å². The van der Waals surface area contributed by atoms with Crippen molar-refractivity contribution in [3.8, 4) is 0 Å². The van der Waals surface area contributed by atoms with E-state index in [-0.39, 0.29) is 23.9 Å². The summed E-state index contributed by atoms with van der Waals surface area (Å²) in [5, 5.41) is 6.68. The fourth-order valence-corrected chi connectivity index (χ4v) is 2.46. The largest absolute Gasteiger partial charge is 0.373 e. The predicted molar refractivity (Wildman–Crippen MR) is 74.2 cm³/mol. The lowest BCUT2D eigenvalue weighted by molar-refractivity contribution is -0.120. The number of nitrogens with one attached hydrogen (secondary N) is 1. The minimum Gasteiger partial charge on any atom is -0.373 e. The molecule has 0 spiro atoms. The second-order valence-electron chi connectivity index (χ2n) is 5.11. The van der Waals surface area contributed by atoms with Gasteiger partial charge in [0.2, 0.25) is 11.9 Å². The van der Waals surface area contributed by atoms with Crippen LogP contribution in [0.3, 0.4) is 0 Å². The third-order valence-electron chi connectivity index (χ3n) is 3.44. The fraction of sp³-hybridized carbons (Fsp3) is 0.357. The van der Waals surface area contributed by atoms with E-state index >= 15 is 0 Å². The highest BCUT2D eigenvalue weighted by Crippen LogP contribution is 2.26. The Hall–Kier alpha value is -2.28. The molecule has 2 aromatic heterocycles. The van der Waals surface area contributed by atoms with Gasteiger partial charge in [-0.15, -0.1) is 5.10 Å². The molecule has 1 N–H and O–H groups in total. The second kappa shape index (κ2) is 5.25. The van der Waals surface area contributed by atoms with E-state index in [4.69, 9.17) is 4.74 Å². The lowest BCUT2D eigenvalue weighted by Crippen LogP contribution is -2.30. The molecule has 1 aliphatic rings. The van der Waals surface area contributed by atoms with Crippen LogP contribution in [0.4, 0.5) is 10.3 Å². The Labute approximate surface area is 120 Å². The summed E-state index contributed by atoms with van der Waals surface area (Å²) in [7, 11) is 0. The number of halogens is 1. The van der Waals surface area contributed by atoms with E-state index in [1.165, 1.54) is 22.8 Å². The van der Waals surface area contributed by atoms with Gasteiger partial charge in [0.25, 0.3) is 0 Å². The molecule has 1 saturated heterocycles. The van der Waals surface area contributed by atoms with Crippen molar-refractivity contribution in [2.75, 3.05) is 11.9 Å². The highest BCUT2D eigenvalue weighted by atomic mass is 19.1. The monoisotopic (exact) mass is 290 g/mol. The van der Waals surface area contributed by atoms with Crippen molar-refractivity contribution in [3.05, 3.63) is 36.3 Å². The Morgan fingerprint density at radius 3 is 3.14 bits per heavy atom. The van der Waals surface area contributed by atoms with Crippen LogP contribution in [0.25, 0.3) is 5.65 Å². The summed E-state index contributed by atoms with van der Waals surface area (Å²) in [6.45, 7) is 6.20. The third-order valence-corrected chi connectivity index (χ3v) is 3.44. The number of rotatable bonds is 3. The van der Waals surface area contributed by atoms with Crippen molar-refractivity contribution in [1.29, 1.82) is 0 Å². The maximum atomic E-state index is 13.1. The van der Waals surface area contributed by atoms with Crippen LogP contribution in [0.2, 0.25) is 0 Å². The first kappa shape index (κ1) is 13.7. The lowest BCUT2D eigenvalue weighted by atomic mass is 9.96. The minimum atomic E-state index is -0.420. The molecule has 3 heterocycles. The molecule has 2 atom stereocenters. The third kappa shape index (κ3) is 2.64. The van der Waals surface area contributed by atoms with Gasteiger partial charge in [0, 0.05) is 6.61 Å². The average molecular weight is 290 g/mol. The summed E-state index contributed by atoms with van der Waals surface area (Å²) in [6, 6.07) is 2.78. The van der Waals surface area contributed by atoms with Crippen molar-refractivity contribution >= 4 is 17.5 Å². The van der Waals surface area contributed by atoms with Gasteiger partial charge < -0.3 is 4.74 Å². The van der Waals surface area contributed by atoms with Crippen molar-refractivity contribution in [1.82, 2.24) is 14.6 Å². The van der Waals surface area contributed by atoms with Crippen LogP contribution in [0, 0.1) is 11.7 Å². The molecule has 0 bridgehead atoms. The molecule has 2 aromatic rings. The SMILES string of the molecule is C=C(C)[C@@H]1OCC[C@@H]1C(=O)Nc1nc2ccc(F)cn2n1. The van der Waals surface area contributed by atoms with E-state index in [0.29, 0.717) is 18.7 Å². The van der Waals surface area contributed by atoms with Gasteiger partial charge in [-0.05, 0) is 25.5 Å². The number of pyridine rings is 1. The Morgan fingerprint density at radius 2 is 2.38 bits per heavy atom. The van der Waals surface area contributed by atoms with E-state index in [9.17, 15) is 9.18 Å². The molecule has 7 heteroatoms. The van der Waals surface area contributed by atoms with Crippen molar-refractivity contribution in [3.63, 3.8) is 0 Å². The molecule has 110 valence electrons. The first-order chi connectivity index (χ1) is 10.0. The molecule has 1 aliphatic heterocycles. The van der Waals surface area contributed by atoms with Gasteiger partial charge in [-0.25, -0.2) is 8.91 Å². The van der Waals surface area contributed by atoms with E-state index in [1.807, 2.05) is 6.92 Å². The fourth-order valence-electron chi connectivity index (χ4n) is 2.46. The normalized spacial score (nSPS) is 21.6. The van der Waals surface area contributed by atoms with Crippen molar-refractivity contribution in [2.24, 2.45) is 5.92 Å². The standard InChI is InChI=1S/C14H15FN4O2/c1-8(2)12-10(5-6-21-12)13(20)17-14-16-11-4-3-9(15)7-19(11)18-14/h3-4,7,10,12H,1,5-6H2,2H3,(H,17,18,20)/t10-,12-/m0/s1. The number of nitrogens with zero attached hydrogens (tertiary/aromatic N) is 3. The van der Waals surface area contributed by atoms with Gasteiger partial charge >= 0.3 is 0 Å². The van der Waals surface area contributed by atoms with Crippen molar-refractivity contribution in [2.45, 2.75) is 19.4 Å². The Bertz CT molecular complexity index is 712. The lowest BCUT2D eigenvalue weighted by Gasteiger charge is -2.16. The van der Waals surface area contributed by atoms with Crippen LogP contribution in [0.5, 0.6) is 0 Å². The number of anilines is 1. The highest BCUT2D eigenvalue weighted by Gasteiger charge is 2.34. The van der Waals surface area contributed by atoms with E-state index < -0.39 is 5.82 Å². The zero-order chi connectivity index (χ0) is 15.0. The second-order valence-corrected chi connectivity index (χ2v) is 5.11. The van der Waals surface area contributed by atoms with Crippen LogP contribution in [0.1, 0.15) is 13.3 Å². The number of amides is 1. The molecule has 6 nitrogen and oxygen atoms in total. The molecule has 1 fully saturated rings. The Morgan fingerprint density at radius 1 is 1.57 bits per heavy atom. The van der Waals surface area contributed by atoms with Gasteiger partial charge in [0.15, 0.2) is 5.65 Å². The molecule has 0 saturated carbocycles. The summed E-state index contributed by atoms with van der Waals surface area (Å²) in [4.78, 5) is 16.4. The van der Waals surface area contributed by atoms with E-state index in [0.717, 1.165) is 5.57 Å². The summed E-state index contributed by atoms with van der Waals surface area (Å²) in [6.07, 6.45) is 1.55. The van der Waals surface area contributed by atoms with Crippen LogP contribution in [0.15, 0.2) is 30.5 Å². The summed E-state index contributed by atoms with van der Waals surface area (Å²) >= 11 is 0. The van der Waals surface area contributed by atoms with Gasteiger partial charge in [0.1, 0.15) is 5.82 Å². The maximum absolute atomic E-state index is 13.1. The number of hydrogen-bond donors (Lipinski definition) is 1. The summed E-state index contributed by atoms with van der Waals surface area (Å²) < 4.78 is 19.9. The van der Waals surface area contributed by atoms with E-state index in [2.05, 4.69) is 22.0 Å². The topological polar surface area (TPSA) is 68.5 Å². The van der Waals surface area contributed by atoms with Crippen LogP contribution in [-0.4, -0.2) is 33.2 Å². The molecule has 0 aromatic carbocycles. The zero-order valence-electron chi connectivity index (χ0n) is 11.5.